The summed E-state index contributed by atoms with van der Waals surface area (Å²) in [7, 11) is 1.51. The Hall–Kier alpha value is -3.19. The number of hydrogen-bond donors (Lipinski definition) is 2. The van der Waals surface area contributed by atoms with Crippen molar-refractivity contribution >= 4 is 51.0 Å². The zero-order valence-electron chi connectivity index (χ0n) is 16.9. The second-order valence-electron chi connectivity index (χ2n) is 6.63. The summed E-state index contributed by atoms with van der Waals surface area (Å²) in [5.41, 5.74) is 0.740. The average molecular weight is 548 g/mol. The SMILES string of the molecule is CC(OC(=O)Nc1c(-c2ccc(NC(=O)C(F)(F)F)cn2)nnn1C)c1cc(Br)ccc1Cl. The maximum Gasteiger partial charge on any atom is 0.471 e. The van der Waals surface area contributed by atoms with Gasteiger partial charge in [-0.25, -0.2) is 9.48 Å². The van der Waals surface area contributed by atoms with Crippen LogP contribution in [0.4, 0.5) is 29.5 Å². The molecule has 174 valence electrons. The van der Waals surface area contributed by atoms with E-state index >= 15 is 0 Å². The first-order valence-electron chi connectivity index (χ1n) is 9.12. The number of aryl methyl sites for hydroxylation is 1. The van der Waals surface area contributed by atoms with E-state index in [1.54, 1.807) is 30.4 Å². The highest BCUT2D eigenvalue weighted by Crippen LogP contribution is 2.30. The number of halogens is 5. The van der Waals surface area contributed by atoms with E-state index in [0.717, 1.165) is 10.7 Å². The fourth-order valence-electron chi connectivity index (χ4n) is 2.66. The van der Waals surface area contributed by atoms with E-state index < -0.39 is 24.3 Å². The van der Waals surface area contributed by atoms with Crippen molar-refractivity contribution in [3.8, 4) is 11.4 Å². The van der Waals surface area contributed by atoms with Crippen molar-refractivity contribution in [2.45, 2.75) is 19.2 Å². The third kappa shape index (κ3) is 5.99. The molecule has 0 aliphatic rings. The summed E-state index contributed by atoms with van der Waals surface area (Å²) in [4.78, 5) is 27.5. The Morgan fingerprint density at radius 2 is 1.94 bits per heavy atom. The molecule has 14 heteroatoms. The predicted octanol–water partition coefficient (Wildman–Crippen LogP) is 5.10. The molecule has 2 amide bonds. The minimum Gasteiger partial charge on any atom is -0.441 e. The molecule has 0 aliphatic carbocycles. The van der Waals surface area contributed by atoms with Crippen LogP contribution in [0.3, 0.4) is 0 Å². The van der Waals surface area contributed by atoms with E-state index in [1.807, 2.05) is 0 Å². The Bertz CT molecular complexity index is 1190. The Balaban J connectivity index is 1.74. The van der Waals surface area contributed by atoms with Gasteiger partial charge in [-0.3, -0.25) is 15.1 Å². The lowest BCUT2D eigenvalue weighted by atomic mass is 10.1. The Kier molecular flexibility index (Phi) is 7.22. The van der Waals surface area contributed by atoms with Crippen LogP contribution in [0.5, 0.6) is 0 Å². The highest BCUT2D eigenvalue weighted by atomic mass is 79.9. The Morgan fingerprint density at radius 3 is 2.58 bits per heavy atom. The van der Waals surface area contributed by atoms with E-state index in [-0.39, 0.29) is 22.9 Å². The molecular weight excluding hydrogens is 533 g/mol. The highest BCUT2D eigenvalue weighted by Gasteiger charge is 2.38. The maximum atomic E-state index is 12.5. The normalized spacial score (nSPS) is 12.2. The Morgan fingerprint density at radius 1 is 1.21 bits per heavy atom. The number of pyridine rings is 1. The smallest absolute Gasteiger partial charge is 0.441 e. The fourth-order valence-corrected chi connectivity index (χ4v) is 3.31. The molecule has 1 unspecified atom stereocenters. The van der Waals surface area contributed by atoms with Gasteiger partial charge in [0, 0.05) is 22.1 Å². The molecule has 0 saturated carbocycles. The number of benzene rings is 1. The third-order valence-corrected chi connectivity index (χ3v) is 5.09. The third-order valence-electron chi connectivity index (χ3n) is 4.25. The van der Waals surface area contributed by atoms with E-state index in [2.05, 4.69) is 36.5 Å². The van der Waals surface area contributed by atoms with Gasteiger partial charge in [0.1, 0.15) is 6.10 Å². The number of hydrogen-bond acceptors (Lipinski definition) is 6. The van der Waals surface area contributed by atoms with Crippen molar-refractivity contribution in [2.24, 2.45) is 7.05 Å². The number of rotatable bonds is 5. The standard InChI is InChI=1S/C19H15BrClF3N6O3/c1-9(12-7-10(20)3-5-13(12)21)33-18(32)27-16-15(28-29-30(16)2)14-6-4-11(8-25-14)26-17(31)19(22,23)24/h3-9H,1-2H3,(H,26,31)(H,27,32). The lowest BCUT2D eigenvalue weighted by Crippen LogP contribution is -2.29. The van der Waals surface area contributed by atoms with Crippen LogP contribution < -0.4 is 10.6 Å². The molecule has 3 rings (SSSR count). The highest BCUT2D eigenvalue weighted by molar-refractivity contribution is 9.10. The molecule has 2 heterocycles. The van der Waals surface area contributed by atoms with Crippen molar-refractivity contribution in [2.75, 3.05) is 10.6 Å². The first kappa shape index (κ1) is 24.5. The molecule has 0 saturated heterocycles. The molecule has 2 N–H and O–H groups in total. The molecule has 0 spiro atoms. The first-order valence-corrected chi connectivity index (χ1v) is 10.3. The first-order chi connectivity index (χ1) is 15.5. The van der Waals surface area contributed by atoms with Gasteiger partial charge < -0.3 is 10.1 Å². The zero-order valence-corrected chi connectivity index (χ0v) is 19.3. The predicted molar refractivity (Wildman–Crippen MR) is 117 cm³/mol. The van der Waals surface area contributed by atoms with Crippen molar-refractivity contribution < 1.29 is 27.5 Å². The van der Waals surface area contributed by atoms with Gasteiger partial charge in [-0.15, -0.1) is 5.10 Å². The molecule has 3 aromatic rings. The number of carbonyl (C=O) groups excluding carboxylic acids is 2. The number of nitrogens with one attached hydrogen (secondary N) is 2. The molecule has 1 aromatic carbocycles. The second kappa shape index (κ2) is 9.75. The zero-order chi connectivity index (χ0) is 24.3. The summed E-state index contributed by atoms with van der Waals surface area (Å²) in [6.07, 6.45) is -5.51. The Labute approximate surface area is 198 Å². The number of ether oxygens (including phenoxy) is 1. The fraction of sp³-hybridized carbons (Fsp3) is 0.211. The monoisotopic (exact) mass is 546 g/mol. The van der Waals surface area contributed by atoms with Gasteiger partial charge in [0.05, 0.1) is 17.6 Å². The van der Waals surface area contributed by atoms with Gasteiger partial charge in [0.25, 0.3) is 0 Å². The molecule has 1 atom stereocenters. The van der Waals surface area contributed by atoms with Crippen LogP contribution in [0.2, 0.25) is 5.02 Å². The molecule has 0 bridgehead atoms. The number of nitrogens with zero attached hydrogens (tertiary/aromatic N) is 4. The van der Waals surface area contributed by atoms with Crippen LogP contribution in [-0.2, 0) is 16.6 Å². The van der Waals surface area contributed by atoms with Gasteiger partial charge in [0.15, 0.2) is 11.5 Å². The molecular formula is C19H15BrClF3N6O3. The van der Waals surface area contributed by atoms with Crippen molar-refractivity contribution in [3.05, 3.63) is 51.6 Å². The van der Waals surface area contributed by atoms with Crippen LogP contribution in [0.25, 0.3) is 11.4 Å². The van der Waals surface area contributed by atoms with E-state index in [0.29, 0.717) is 10.6 Å². The van der Waals surface area contributed by atoms with Crippen LogP contribution in [0, 0.1) is 0 Å². The molecule has 0 aliphatic heterocycles. The van der Waals surface area contributed by atoms with Crippen LogP contribution >= 0.6 is 27.5 Å². The van der Waals surface area contributed by atoms with Crippen LogP contribution in [-0.4, -0.2) is 38.2 Å². The second-order valence-corrected chi connectivity index (χ2v) is 7.96. The van der Waals surface area contributed by atoms with Crippen molar-refractivity contribution in [1.29, 1.82) is 0 Å². The minimum atomic E-state index is -5.03. The number of alkyl halides is 3. The lowest BCUT2D eigenvalue weighted by molar-refractivity contribution is -0.167. The molecule has 0 radical (unpaired) electrons. The van der Waals surface area contributed by atoms with E-state index in [1.165, 1.54) is 23.9 Å². The van der Waals surface area contributed by atoms with Crippen molar-refractivity contribution in [1.82, 2.24) is 20.0 Å². The summed E-state index contributed by atoms with van der Waals surface area (Å²) in [5.74, 6) is -1.99. The summed E-state index contributed by atoms with van der Waals surface area (Å²) < 4.78 is 44.6. The number of aromatic nitrogens is 4. The molecule has 2 aromatic heterocycles. The molecule has 33 heavy (non-hydrogen) atoms. The van der Waals surface area contributed by atoms with Gasteiger partial charge >= 0.3 is 18.2 Å². The summed E-state index contributed by atoms with van der Waals surface area (Å²) in [6, 6.07) is 7.66. The van der Waals surface area contributed by atoms with Gasteiger partial charge in [0.2, 0.25) is 0 Å². The maximum absolute atomic E-state index is 12.5. The van der Waals surface area contributed by atoms with Crippen molar-refractivity contribution in [3.63, 3.8) is 0 Å². The number of anilines is 2. The summed E-state index contributed by atoms with van der Waals surface area (Å²) in [5, 5.41) is 12.4. The van der Waals surface area contributed by atoms with Crippen LogP contribution in [0.15, 0.2) is 41.0 Å². The molecule has 0 fully saturated rings. The largest absolute Gasteiger partial charge is 0.471 e. The summed E-state index contributed by atoms with van der Waals surface area (Å²) in [6.45, 7) is 1.64. The number of carbonyl (C=O) groups is 2. The topological polar surface area (TPSA) is 111 Å². The van der Waals surface area contributed by atoms with E-state index in [4.69, 9.17) is 16.3 Å². The van der Waals surface area contributed by atoms with Crippen LogP contribution in [0.1, 0.15) is 18.6 Å². The summed E-state index contributed by atoms with van der Waals surface area (Å²) >= 11 is 9.50. The van der Waals surface area contributed by atoms with Gasteiger partial charge in [-0.1, -0.05) is 32.7 Å². The average Bonchev–Trinajstić information content (AvgIpc) is 3.09. The molecule has 9 nitrogen and oxygen atoms in total. The quantitative estimate of drug-likeness (QED) is 0.460. The van der Waals surface area contributed by atoms with Gasteiger partial charge in [-0.2, -0.15) is 13.2 Å². The van der Waals surface area contributed by atoms with Gasteiger partial charge in [-0.05, 0) is 37.3 Å². The van der Waals surface area contributed by atoms with E-state index in [9.17, 15) is 22.8 Å². The number of amides is 2. The minimum absolute atomic E-state index is 0.132. The lowest BCUT2D eigenvalue weighted by Gasteiger charge is -2.16.